The van der Waals surface area contributed by atoms with Crippen LogP contribution in [0.5, 0.6) is 0 Å². The fraction of sp³-hybridized carbons (Fsp3) is 0.556. The van der Waals surface area contributed by atoms with Crippen LogP contribution in [-0.4, -0.2) is 63.0 Å². The van der Waals surface area contributed by atoms with E-state index in [-0.39, 0.29) is 12.0 Å². The lowest BCUT2D eigenvalue weighted by molar-refractivity contribution is -0.0499. The topological polar surface area (TPSA) is 147 Å². The van der Waals surface area contributed by atoms with Crippen molar-refractivity contribution in [3.63, 3.8) is 0 Å². The van der Waals surface area contributed by atoms with Gasteiger partial charge in [-0.25, -0.2) is 9.97 Å². The lowest BCUT2D eigenvalue weighted by Gasteiger charge is -2.31. The SMILES string of the molecule is CCCc1nccc2sc(-c3c(C)nc(NC(C)C4CC4)nc3NC3(O)CCC(Cn4ccnn4)C3O)nc12. The van der Waals surface area contributed by atoms with Crippen LogP contribution in [0.25, 0.3) is 20.8 Å². The first-order valence-corrected chi connectivity index (χ1v) is 14.6. The normalized spacial score (nSPS) is 23.8. The van der Waals surface area contributed by atoms with E-state index in [1.807, 2.05) is 19.2 Å². The number of aryl methyl sites for hydroxylation is 2. The van der Waals surface area contributed by atoms with E-state index in [2.05, 4.69) is 39.8 Å². The molecule has 4 heterocycles. The Labute approximate surface area is 231 Å². The van der Waals surface area contributed by atoms with E-state index in [0.717, 1.165) is 45.0 Å². The molecule has 2 fully saturated rings. The number of anilines is 2. The molecule has 0 radical (unpaired) electrons. The predicted octanol–water partition coefficient (Wildman–Crippen LogP) is 3.78. The Morgan fingerprint density at radius 3 is 2.79 bits per heavy atom. The highest BCUT2D eigenvalue weighted by molar-refractivity contribution is 7.21. The largest absolute Gasteiger partial charge is 0.388 e. The van der Waals surface area contributed by atoms with E-state index in [4.69, 9.17) is 15.0 Å². The second-order valence-electron chi connectivity index (χ2n) is 10.9. The van der Waals surface area contributed by atoms with Gasteiger partial charge in [-0.05, 0) is 57.9 Å². The van der Waals surface area contributed by atoms with Gasteiger partial charge in [0.25, 0.3) is 0 Å². The van der Waals surface area contributed by atoms with Gasteiger partial charge in [-0.15, -0.1) is 16.4 Å². The van der Waals surface area contributed by atoms with Gasteiger partial charge in [-0.1, -0.05) is 18.6 Å². The first kappa shape index (κ1) is 26.0. The Bertz CT molecular complexity index is 1460. The smallest absolute Gasteiger partial charge is 0.225 e. The van der Waals surface area contributed by atoms with E-state index in [1.165, 1.54) is 12.8 Å². The van der Waals surface area contributed by atoms with Crippen molar-refractivity contribution in [3.05, 3.63) is 36.0 Å². The van der Waals surface area contributed by atoms with Crippen LogP contribution in [0.4, 0.5) is 11.8 Å². The maximum Gasteiger partial charge on any atom is 0.225 e. The standard InChI is InChI=1S/C27H35N9O2S/c1-4-5-19-22-20(9-11-28-19)39-25(32-22)21-16(3)31-26(30-15(2)17-6-7-17)33-24(21)34-27(38)10-8-18(23(27)37)14-36-13-12-29-35-36/h9,11-13,15,17-18,23,37-38H,4-8,10,14H2,1-3H3,(H2,30,31,33,34). The zero-order valence-corrected chi connectivity index (χ0v) is 23.3. The summed E-state index contributed by atoms with van der Waals surface area (Å²) >= 11 is 1.56. The van der Waals surface area contributed by atoms with Crippen molar-refractivity contribution in [2.45, 2.75) is 83.7 Å². The molecule has 2 saturated carbocycles. The number of aliphatic hydroxyl groups is 2. The summed E-state index contributed by atoms with van der Waals surface area (Å²) in [5, 5.41) is 38.3. The van der Waals surface area contributed by atoms with Crippen LogP contribution >= 0.6 is 11.3 Å². The number of nitrogens with zero attached hydrogens (tertiary/aromatic N) is 7. The molecular formula is C27H35N9O2S. The Morgan fingerprint density at radius 2 is 2.05 bits per heavy atom. The van der Waals surface area contributed by atoms with Crippen molar-refractivity contribution in [2.24, 2.45) is 11.8 Å². The molecule has 0 saturated heterocycles. The number of rotatable bonds is 10. The van der Waals surface area contributed by atoms with Crippen molar-refractivity contribution >= 4 is 33.3 Å². The summed E-state index contributed by atoms with van der Waals surface area (Å²) < 4.78 is 2.73. The number of hydrogen-bond donors (Lipinski definition) is 4. The van der Waals surface area contributed by atoms with Gasteiger partial charge in [-0.2, -0.15) is 4.98 Å². The third-order valence-corrected chi connectivity index (χ3v) is 8.96. The first-order valence-electron chi connectivity index (χ1n) is 13.8. The zero-order chi connectivity index (χ0) is 27.1. The monoisotopic (exact) mass is 549 g/mol. The average Bonchev–Trinajstić information content (AvgIpc) is 3.35. The number of aromatic nitrogens is 7. The maximum atomic E-state index is 11.7. The Balaban J connectivity index is 1.37. The van der Waals surface area contributed by atoms with Crippen LogP contribution in [0, 0.1) is 18.8 Å². The molecule has 11 nitrogen and oxygen atoms in total. The first-order chi connectivity index (χ1) is 18.8. The minimum atomic E-state index is -1.56. The van der Waals surface area contributed by atoms with Crippen LogP contribution < -0.4 is 10.6 Å². The van der Waals surface area contributed by atoms with Gasteiger partial charge in [0.15, 0.2) is 5.72 Å². The fourth-order valence-corrected chi connectivity index (χ4v) is 6.62. The van der Waals surface area contributed by atoms with E-state index >= 15 is 0 Å². The summed E-state index contributed by atoms with van der Waals surface area (Å²) in [6.07, 6.45) is 9.40. The molecule has 206 valence electrons. The lowest BCUT2D eigenvalue weighted by Crippen LogP contribution is -2.48. The summed E-state index contributed by atoms with van der Waals surface area (Å²) in [6.45, 7) is 6.69. The highest BCUT2D eigenvalue weighted by Gasteiger charge is 2.47. The minimum Gasteiger partial charge on any atom is -0.388 e. The summed E-state index contributed by atoms with van der Waals surface area (Å²) in [4.78, 5) is 19.2. The Kier molecular flexibility index (Phi) is 6.94. The second-order valence-corrected chi connectivity index (χ2v) is 11.9. The molecule has 0 aliphatic heterocycles. The molecule has 6 rings (SSSR count). The van der Waals surface area contributed by atoms with E-state index < -0.39 is 11.8 Å². The Hall–Kier alpha value is -3.22. The molecule has 0 aromatic carbocycles. The molecule has 0 spiro atoms. The molecule has 2 aliphatic rings. The molecule has 4 aromatic rings. The number of aliphatic hydroxyl groups excluding tert-OH is 1. The maximum absolute atomic E-state index is 11.7. The lowest BCUT2D eigenvalue weighted by atomic mass is 10.0. The van der Waals surface area contributed by atoms with Crippen LogP contribution in [0.15, 0.2) is 24.7 Å². The van der Waals surface area contributed by atoms with E-state index in [0.29, 0.717) is 37.1 Å². The number of fused-ring (bicyclic) bond motifs is 1. The molecule has 12 heteroatoms. The van der Waals surface area contributed by atoms with Crippen molar-refractivity contribution in [1.29, 1.82) is 0 Å². The molecule has 4 N–H and O–H groups in total. The summed E-state index contributed by atoms with van der Waals surface area (Å²) in [7, 11) is 0. The third kappa shape index (κ3) is 5.20. The van der Waals surface area contributed by atoms with Gasteiger partial charge in [0, 0.05) is 30.9 Å². The second kappa shape index (κ2) is 10.4. The number of pyridine rings is 1. The zero-order valence-electron chi connectivity index (χ0n) is 22.5. The van der Waals surface area contributed by atoms with Crippen LogP contribution in [0.2, 0.25) is 0 Å². The number of thiazole rings is 1. The van der Waals surface area contributed by atoms with Crippen LogP contribution in [0.3, 0.4) is 0 Å². The van der Waals surface area contributed by atoms with Crippen LogP contribution in [0.1, 0.15) is 57.3 Å². The minimum absolute atomic E-state index is 0.187. The molecule has 4 unspecified atom stereocenters. The summed E-state index contributed by atoms with van der Waals surface area (Å²) in [5.41, 5.74) is 1.77. The molecular weight excluding hydrogens is 514 g/mol. The van der Waals surface area contributed by atoms with Crippen LogP contribution in [-0.2, 0) is 13.0 Å². The fourth-order valence-electron chi connectivity index (χ4n) is 5.54. The highest BCUT2D eigenvalue weighted by Crippen LogP contribution is 2.42. The van der Waals surface area contributed by atoms with Crippen molar-refractivity contribution in [3.8, 4) is 10.6 Å². The van der Waals surface area contributed by atoms with Gasteiger partial charge in [-0.3, -0.25) is 9.67 Å². The van der Waals surface area contributed by atoms with E-state index in [1.54, 1.807) is 28.4 Å². The summed E-state index contributed by atoms with van der Waals surface area (Å²) in [5.74, 6) is 1.40. The molecule has 4 atom stereocenters. The molecule has 2 aliphatic carbocycles. The van der Waals surface area contributed by atoms with Gasteiger partial charge in [0.2, 0.25) is 5.95 Å². The van der Waals surface area contributed by atoms with Gasteiger partial charge in [0.05, 0.1) is 27.8 Å². The average molecular weight is 550 g/mol. The number of nitrogens with one attached hydrogen (secondary N) is 2. The molecule has 39 heavy (non-hydrogen) atoms. The van der Waals surface area contributed by atoms with Crippen molar-refractivity contribution in [2.75, 3.05) is 10.6 Å². The number of hydrogen-bond acceptors (Lipinski definition) is 11. The van der Waals surface area contributed by atoms with Crippen molar-refractivity contribution in [1.82, 2.24) is 34.9 Å². The summed E-state index contributed by atoms with van der Waals surface area (Å²) in [6, 6.07) is 2.23. The quantitative estimate of drug-likeness (QED) is 0.215. The van der Waals surface area contributed by atoms with Gasteiger partial charge >= 0.3 is 0 Å². The third-order valence-electron chi connectivity index (χ3n) is 7.92. The molecule has 0 amide bonds. The molecule has 4 aromatic heterocycles. The van der Waals surface area contributed by atoms with Gasteiger partial charge in [0.1, 0.15) is 22.4 Å². The van der Waals surface area contributed by atoms with E-state index in [9.17, 15) is 10.2 Å². The Morgan fingerprint density at radius 1 is 1.21 bits per heavy atom. The predicted molar refractivity (Wildman–Crippen MR) is 150 cm³/mol. The molecule has 0 bridgehead atoms. The van der Waals surface area contributed by atoms with Crippen molar-refractivity contribution < 1.29 is 10.2 Å². The highest BCUT2D eigenvalue weighted by atomic mass is 32.1. The van der Waals surface area contributed by atoms with Gasteiger partial charge < -0.3 is 20.8 Å².